The van der Waals surface area contributed by atoms with E-state index in [0.29, 0.717) is 6.61 Å². The average Bonchev–Trinajstić information content (AvgIpc) is 2.80. The maximum absolute atomic E-state index is 9.10. The van der Waals surface area contributed by atoms with Gasteiger partial charge in [0.25, 0.3) is 0 Å². The molecule has 1 fully saturated rings. The topological polar surface area (TPSA) is 99.5 Å². The van der Waals surface area contributed by atoms with Crippen LogP contribution in [0.25, 0.3) is 0 Å². The first-order chi connectivity index (χ1) is 15.3. The molecule has 1 aliphatic rings. The van der Waals surface area contributed by atoms with Gasteiger partial charge in [0.05, 0.1) is 7.11 Å². The van der Waals surface area contributed by atoms with Crippen LogP contribution < -0.4 is 9.47 Å². The molecule has 174 valence electrons. The van der Waals surface area contributed by atoms with Gasteiger partial charge in [-0.3, -0.25) is 4.90 Å². The zero-order chi connectivity index (χ0) is 23.5. The first-order valence-electron chi connectivity index (χ1n) is 10.3. The molecule has 2 aromatic rings. The van der Waals surface area contributed by atoms with Crippen LogP contribution in [0.5, 0.6) is 11.5 Å². The number of carboxylic acid groups (broad SMARTS) is 2. The lowest BCUT2D eigenvalue weighted by Gasteiger charge is -2.34. The van der Waals surface area contributed by atoms with Crippen LogP contribution >= 0.6 is 11.6 Å². The summed E-state index contributed by atoms with van der Waals surface area (Å²) in [5.41, 5.74) is 2.33. The van der Waals surface area contributed by atoms with E-state index < -0.39 is 11.9 Å². The van der Waals surface area contributed by atoms with Crippen molar-refractivity contribution in [1.29, 1.82) is 0 Å². The van der Waals surface area contributed by atoms with E-state index in [-0.39, 0.29) is 0 Å². The molecular weight excluding hydrogens is 436 g/mol. The van der Waals surface area contributed by atoms with Gasteiger partial charge < -0.3 is 24.6 Å². The molecule has 2 N–H and O–H groups in total. The van der Waals surface area contributed by atoms with E-state index in [1.165, 1.54) is 5.56 Å². The molecule has 32 heavy (non-hydrogen) atoms. The molecule has 1 heterocycles. The Morgan fingerprint density at radius 3 is 2.00 bits per heavy atom. The lowest BCUT2D eigenvalue weighted by Crippen LogP contribution is -2.45. The van der Waals surface area contributed by atoms with Crippen molar-refractivity contribution in [1.82, 2.24) is 9.80 Å². The van der Waals surface area contributed by atoms with Crippen molar-refractivity contribution in [2.75, 3.05) is 39.8 Å². The number of methoxy groups -OCH3 is 1. The van der Waals surface area contributed by atoms with Gasteiger partial charge in [-0.15, -0.1) is 0 Å². The third-order valence-corrected chi connectivity index (χ3v) is 5.29. The largest absolute Gasteiger partial charge is 0.493 e. The Labute approximate surface area is 192 Å². The molecule has 0 saturated carbocycles. The third-order valence-electron chi connectivity index (χ3n) is 5.04. The van der Waals surface area contributed by atoms with E-state index in [1.807, 2.05) is 30.3 Å². The molecule has 9 heteroatoms. The van der Waals surface area contributed by atoms with Crippen molar-refractivity contribution in [2.24, 2.45) is 0 Å². The summed E-state index contributed by atoms with van der Waals surface area (Å²) in [4.78, 5) is 23.2. The van der Waals surface area contributed by atoms with Crippen LogP contribution in [0, 0.1) is 0 Å². The summed E-state index contributed by atoms with van der Waals surface area (Å²) in [7, 11) is 1.69. The highest BCUT2D eigenvalue weighted by molar-refractivity contribution is 6.30. The number of ether oxygens (including phenoxy) is 2. The fourth-order valence-electron chi connectivity index (χ4n) is 3.19. The molecule has 0 radical (unpaired) electrons. The molecule has 0 aromatic heterocycles. The van der Waals surface area contributed by atoms with Crippen LogP contribution in [0.2, 0.25) is 5.02 Å². The quantitative estimate of drug-likeness (QED) is 0.602. The van der Waals surface area contributed by atoms with E-state index in [4.69, 9.17) is 40.9 Å². The van der Waals surface area contributed by atoms with E-state index in [1.54, 1.807) is 7.11 Å². The molecule has 8 nitrogen and oxygen atoms in total. The molecule has 0 bridgehead atoms. The lowest BCUT2D eigenvalue weighted by molar-refractivity contribution is -0.159. The highest BCUT2D eigenvalue weighted by Crippen LogP contribution is 2.29. The Kier molecular flexibility index (Phi) is 10.3. The smallest absolute Gasteiger partial charge is 0.414 e. The van der Waals surface area contributed by atoms with E-state index >= 15 is 0 Å². The van der Waals surface area contributed by atoms with Crippen LogP contribution in [-0.4, -0.2) is 71.8 Å². The molecular formula is C23H29ClN2O6. The van der Waals surface area contributed by atoms with Crippen LogP contribution in [0.3, 0.4) is 0 Å². The van der Waals surface area contributed by atoms with Crippen molar-refractivity contribution in [3.63, 3.8) is 0 Å². The van der Waals surface area contributed by atoms with Crippen molar-refractivity contribution < 1.29 is 29.3 Å². The van der Waals surface area contributed by atoms with E-state index in [9.17, 15) is 0 Å². The number of benzene rings is 2. The predicted octanol–water partition coefficient (Wildman–Crippen LogP) is 3.22. The van der Waals surface area contributed by atoms with Gasteiger partial charge in [-0.2, -0.15) is 0 Å². The summed E-state index contributed by atoms with van der Waals surface area (Å²) in [6.45, 7) is 9.34. The van der Waals surface area contributed by atoms with Gasteiger partial charge in [-0.1, -0.05) is 36.7 Å². The van der Waals surface area contributed by atoms with Crippen molar-refractivity contribution in [2.45, 2.75) is 20.1 Å². The van der Waals surface area contributed by atoms with Gasteiger partial charge in [0.15, 0.2) is 11.5 Å². The number of carbonyl (C=O) groups is 2. The number of carboxylic acids is 2. The molecule has 0 aliphatic carbocycles. The Hall–Kier alpha value is -2.81. The Balaban J connectivity index is 0.000000534. The summed E-state index contributed by atoms with van der Waals surface area (Å²) < 4.78 is 11.5. The second kappa shape index (κ2) is 12.9. The lowest BCUT2D eigenvalue weighted by atomic mass is 10.1. The van der Waals surface area contributed by atoms with Gasteiger partial charge in [0.1, 0.15) is 6.61 Å². The number of hydrogen-bond donors (Lipinski definition) is 2. The van der Waals surface area contributed by atoms with Crippen LogP contribution in [0.1, 0.15) is 18.1 Å². The summed E-state index contributed by atoms with van der Waals surface area (Å²) in [5, 5.41) is 15.5. The van der Waals surface area contributed by atoms with Gasteiger partial charge in [-0.25, -0.2) is 9.59 Å². The maximum Gasteiger partial charge on any atom is 0.414 e. The number of piperazine rings is 1. The van der Waals surface area contributed by atoms with Gasteiger partial charge in [0.2, 0.25) is 0 Å². The van der Waals surface area contributed by atoms with Crippen LogP contribution in [-0.2, 0) is 22.7 Å². The second-order valence-electron chi connectivity index (χ2n) is 7.22. The minimum Gasteiger partial charge on any atom is -0.493 e. The molecule has 0 spiro atoms. The van der Waals surface area contributed by atoms with Crippen LogP contribution in [0.4, 0.5) is 0 Å². The molecule has 1 saturated heterocycles. The Bertz CT molecular complexity index is 871. The van der Waals surface area contributed by atoms with Gasteiger partial charge >= 0.3 is 11.9 Å². The SMILES string of the molecule is CCN1CCN(Cc2ccc(OCc3ccc(Cl)cc3)c(OC)c2)CC1.O=C(O)C(=O)O. The fourth-order valence-corrected chi connectivity index (χ4v) is 3.32. The highest BCUT2D eigenvalue weighted by Gasteiger charge is 2.16. The zero-order valence-corrected chi connectivity index (χ0v) is 19.0. The molecule has 0 amide bonds. The fraction of sp³-hybridized carbons (Fsp3) is 0.391. The van der Waals surface area contributed by atoms with Crippen molar-refractivity contribution in [3.05, 3.63) is 58.6 Å². The van der Waals surface area contributed by atoms with Crippen molar-refractivity contribution in [3.8, 4) is 11.5 Å². The van der Waals surface area contributed by atoms with Crippen LogP contribution in [0.15, 0.2) is 42.5 Å². The summed E-state index contributed by atoms with van der Waals surface area (Å²) in [6.07, 6.45) is 0. The molecule has 0 unspecified atom stereocenters. The zero-order valence-electron chi connectivity index (χ0n) is 18.3. The minimum absolute atomic E-state index is 0.492. The number of nitrogens with zero attached hydrogens (tertiary/aromatic N) is 2. The van der Waals surface area contributed by atoms with E-state index in [2.05, 4.69) is 28.9 Å². The Morgan fingerprint density at radius 2 is 1.47 bits per heavy atom. The van der Waals surface area contributed by atoms with E-state index in [0.717, 1.165) is 61.4 Å². The number of halogens is 1. The maximum atomic E-state index is 9.10. The number of aliphatic carboxylic acids is 2. The second-order valence-corrected chi connectivity index (χ2v) is 7.66. The van der Waals surface area contributed by atoms with Gasteiger partial charge in [-0.05, 0) is 41.9 Å². The van der Waals surface area contributed by atoms with Gasteiger partial charge in [0, 0.05) is 37.7 Å². The standard InChI is InChI=1S/C21H27ClN2O2.C2H2O4/c1-3-23-10-12-24(13-11-23)15-18-6-9-20(21(14-18)25-2)26-16-17-4-7-19(22)8-5-17;3-1(4)2(5)6/h4-9,14H,3,10-13,15-16H2,1-2H3;(H,3,4)(H,5,6). The predicted molar refractivity (Wildman–Crippen MR) is 121 cm³/mol. The average molecular weight is 465 g/mol. The molecule has 2 aromatic carbocycles. The number of rotatable bonds is 7. The first kappa shape index (κ1) is 25.5. The number of hydrogen-bond acceptors (Lipinski definition) is 6. The molecule has 3 rings (SSSR count). The first-order valence-corrected chi connectivity index (χ1v) is 10.6. The summed E-state index contributed by atoms with van der Waals surface area (Å²) in [5.74, 6) is -2.10. The highest BCUT2D eigenvalue weighted by atomic mass is 35.5. The molecule has 1 aliphatic heterocycles. The summed E-state index contributed by atoms with van der Waals surface area (Å²) in [6, 6.07) is 13.9. The minimum atomic E-state index is -1.82. The molecule has 0 atom stereocenters. The summed E-state index contributed by atoms with van der Waals surface area (Å²) >= 11 is 5.92. The third kappa shape index (κ3) is 8.37. The van der Waals surface area contributed by atoms with Crippen molar-refractivity contribution >= 4 is 23.5 Å². The monoisotopic (exact) mass is 464 g/mol. The normalized spacial score (nSPS) is 14.2. The Morgan fingerprint density at radius 1 is 0.906 bits per heavy atom. The number of likely N-dealkylation sites (N-methyl/N-ethyl adjacent to an activating group) is 1.